The maximum absolute atomic E-state index is 11.0. The summed E-state index contributed by atoms with van der Waals surface area (Å²) in [7, 11) is 0. The molecule has 1 aliphatic rings. The normalized spacial score (nSPS) is 16.5. The largest absolute Gasteiger partial charge is 0.351 e. The molecule has 1 N–H and O–H groups in total. The number of hydrogen-bond acceptors (Lipinski definition) is 6. The lowest BCUT2D eigenvalue weighted by atomic mass is 9.96. The Morgan fingerprint density at radius 2 is 1.56 bits per heavy atom. The van der Waals surface area contributed by atoms with Gasteiger partial charge in [-0.3, -0.25) is 15.1 Å². The first-order chi connectivity index (χ1) is 19.9. The van der Waals surface area contributed by atoms with Gasteiger partial charge >= 0.3 is 0 Å². The van der Waals surface area contributed by atoms with Crippen LogP contribution >= 0.6 is 24.0 Å². The van der Waals surface area contributed by atoms with Crippen molar-refractivity contribution in [2.24, 2.45) is 0 Å². The number of aryl methyl sites for hydroxylation is 1. The van der Waals surface area contributed by atoms with Gasteiger partial charge in [0.05, 0.1) is 22.7 Å². The van der Waals surface area contributed by atoms with E-state index in [2.05, 4.69) is 56.8 Å². The van der Waals surface area contributed by atoms with Crippen LogP contribution in [0, 0.1) is 24.0 Å². The molecule has 5 aromatic rings. The second-order valence-electron chi connectivity index (χ2n) is 9.69. The fourth-order valence-corrected chi connectivity index (χ4v) is 6.48. The van der Waals surface area contributed by atoms with E-state index in [0.717, 1.165) is 43.9 Å². The fourth-order valence-electron chi connectivity index (χ4n) is 5.32. The van der Waals surface area contributed by atoms with Crippen LogP contribution in [-0.2, 0) is 0 Å². The molecule has 0 radical (unpaired) electrons. The predicted octanol–water partition coefficient (Wildman–Crippen LogP) is 7.12. The maximum atomic E-state index is 11.0. The Bertz CT molecular complexity index is 1710. The summed E-state index contributed by atoms with van der Waals surface area (Å²) in [5, 5.41) is 15.2. The number of nitrogens with zero attached hydrogens (tertiary/aromatic N) is 5. The summed E-state index contributed by atoms with van der Waals surface area (Å²) in [6.07, 6.45) is 3.61. The number of non-ortho nitro benzene ring substituents is 1. The van der Waals surface area contributed by atoms with Crippen molar-refractivity contribution >= 4 is 40.5 Å². The molecule has 0 aliphatic carbocycles. The van der Waals surface area contributed by atoms with E-state index < -0.39 is 4.92 Å². The Kier molecular flexibility index (Phi) is 7.25. The van der Waals surface area contributed by atoms with Gasteiger partial charge in [-0.15, -0.1) is 0 Å². The summed E-state index contributed by atoms with van der Waals surface area (Å²) in [6, 6.07) is 28.6. The number of pyridine rings is 2. The summed E-state index contributed by atoms with van der Waals surface area (Å²) in [5.74, 6) is 0.871. The molecule has 1 fully saturated rings. The SMILES string of the molecule is Cc1cc([C@H]2[C@H](c3ccccn3)NC(=S)N2c2ccc(Sc3ccc([N+](=O)[O-])cc3)cc2)c(C)n1-c1ccccn1. The van der Waals surface area contributed by atoms with E-state index in [0.29, 0.717) is 5.11 Å². The summed E-state index contributed by atoms with van der Waals surface area (Å²) < 4.78 is 2.17. The molecule has 10 heteroatoms. The Morgan fingerprint density at radius 3 is 2.17 bits per heavy atom. The van der Waals surface area contributed by atoms with Crippen molar-refractivity contribution < 1.29 is 4.92 Å². The number of nitrogens with one attached hydrogen (secondary N) is 1. The van der Waals surface area contributed by atoms with Crippen molar-refractivity contribution in [3.05, 3.63) is 136 Å². The van der Waals surface area contributed by atoms with Gasteiger partial charge in [-0.25, -0.2) is 4.98 Å². The van der Waals surface area contributed by atoms with Gasteiger partial charge in [0.25, 0.3) is 5.69 Å². The van der Waals surface area contributed by atoms with E-state index in [9.17, 15) is 10.1 Å². The molecular formula is C31H26N6O2S2. The first-order valence-electron chi connectivity index (χ1n) is 13.0. The number of nitro benzene ring substituents is 1. The summed E-state index contributed by atoms with van der Waals surface area (Å²) in [6.45, 7) is 4.21. The van der Waals surface area contributed by atoms with Crippen molar-refractivity contribution in [1.82, 2.24) is 19.9 Å². The van der Waals surface area contributed by atoms with E-state index in [-0.39, 0.29) is 17.8 Å². The van der Waals surface area contributed by atoms with Crippen LogP contribution in [0.5, 0.6) is 0 Å². The molecule has 2 atom stereocenters. The summed E-state index contributed by atoms with van der Waals surface area (Å²) in [4.78, 5) is 24.0. The Morgan fingerprint density at radius 1 is 0.902 bits per heavy atom. The highest BCUT2D eigenvalue weighted by molar-refractivity contribution is 7.99. The van der Waals surface area contributed by atoms with Gasteiger partial charge < -0.3 is 14.8 Å². The van der Waals surface area contributed by atoms with Crippen LogP contribution in [0.4, 0.5) is 11.4 Å². The third kappa shape index (κ3) is 5.19. The van der Waals surface area contributed by atoms with Gasteiger partial charge in [0.2, 0.25) is 0 Å². The molecule has 2 aromatic carbocycles. The maximum Gasteiger partial charge on any atom is 0.269 e. The predicted molar refractivity (Wildman–Crippen MR) is 165 cm³/mol. The summed E-state index contributed by atoms with van der Waals surface area (Å²) >= 11 is 7.48. The van der Waals surface area contributed by atoms with Crippen molar-refractivity contribution in [2.75, 3.05) is 4.90 Å². The van der Waals surface area contributed by atoms with Crippen molar-refractivity contribution in [3.8, 4) is 5.82 Å². The van der Waals surface area contributed by atoms with E-state index in [1.165, 1.54) is 12.1 Å². The minimum atomic E-state index is -0.390. The van der Waals surface area contributed by atoms with Gasteiger partial charge in [-0.05, 0) is 98.4 Å². The smallest absolute Gasteiger partial charge is 0.269 e. The molecule has 0 unspecified atom stereocenters. The zero-order valence-corrected chi connectivity index (χ0v) is 24.0. The van der Waals surface area contributed by atoms with Gasteiger partial charge in [0.15, 0.2) is 5.11 Å². The minimum Gasteiger partial charge on any atom is -0.351 e. The van der Waals surface area contributed by atoms with Gasteiger partial charge in [-0.1, -0.05) is 23.9 Å². The third-order valence-electron chi connectivity index (χ3n) is 7.16. The molecule has 3 aromatic heterocycles. The lowest BCUT2D eigenvalue weighted by Crippen LogP contribution is -2.29. The molecule has 0 spiro atoms. The highest BCUT2D eigenvalue weighted by Crippen LogP contribution is 2.44. The standard InChI is InChI=1S/C31H26N6O2S2/c1-20-19-26(21(2)35(20)28-8-4-6-18-33-28)30-29(27-7-3-5-17-32-27)34-31(40)36(30)22-9-13-24(14-10-22)41-25-15-11-23(12-16-25)37(38)39/h3-19,29-30H,1-2H3,(H,34,40)/t29-,30-/m0/s1. The highest BCUT2D eigenvalue weighted by Gasteiger charge is 2.42. The number of rotatable bonds is 7. The fraction of sp³-hybridized carbons (Fsp3) is 0.129. The Labute approximate surface area is 247 Å². The van der Waals surface area contributed by atoms with Crippen LogP contribution in [0.1, 0.15) is 34.7 Å². The second kappa shape index (κ2) is 11.1. The highest BCUT2D eigenvalue weighted by atomic mass is 32.2. The van der Waals surface area contributed by atoms with Crippen LogP contribution < -0.4 is 10.2 Å². The van der Waals surface area contributed by atoms with Crippen LogP contribution in [0.15, 0.2) is 113 Å². The quantitative estimate of drug-likeness (QED) is 0.124. The molecular weight excluding hydrogens is 553 g/mol. The molecule has 41 heavy (non-hydrogen) atoms. The van der Waals surface area contributed by atoms with Crippen LogP contribution in [-0.4, -0.2) is 24.6 Å². The first-order valence-corrected chi connectivity index (χ1v) is 14.3. The number of hydrogen-bond donors (Lipinski definition) is 1. The molecule has 4 heterocycles. The molecule has 1 saturated heterocycles. The second-order valence-corrected chi connectivity index (χ2v) is 11.2. The van der Waals surface area contributed by atoms with Gasteiger partial charge in [-0.2, -0.15) is 0 Å². The van der Waals surface area contributed by atoms with E-state index in [4.69, 9.17) is 12.2 Å². The van der Waals surface area contributed by atoms with Gasteiger partial charge in [0.1, 0.15) is 5.82 Å². The molecule has 6 rings (SSSR count). The van der Waals surface area contributed by atoms with Crippen LogP contribution in [0.25, 0.3) is 5.82 Å². The van der Waals surface area contributed by atoms with Crippen LogP contribution in [0.2, 0.25) is 0 Å². The van der Waals surface area contributed by atoms with Gasteiger partial charge in [0, 0.05) is 51.4 Å². The minimum absolute atomic E-state index is 0.0793. The van der Waals surface area contributed by atoms with E-state index in [1.807, 2.05) is 48.5 Å². The Hall–Kier alpha value is -4.54. The van der Waals surface area contributed by atoms with Crippen molar-refractivity contribution in [3.63, 3.8) is 0 Å². The molecule has 0 bridgehead atoms. The topological polar surface area (TPSA) is 89.1 Å². The average Bonchev–Trinajstić information content (AvgIpc) is 3.49. The van der Waals surface area contributed by atoms with Crippen LogP contribution in [0.3, 0.4) is 0 Å². The average molecular weight is 579 g/mol. The number of anilines is 1. The number of benzene rings is 2. The lowest BCUT2D eigenvalue weighted by molar-refractivity contribution is -0.384. The molecule has 8 nitrogen and oxygen atoms in total. The number of aromatic nitrogens is 3. The molecule has 0 amide bonds. The monoisotopic (exact) mass is 578 g/mol. The molecule has 0 saturated carbocycles. The summed E-state index contributed by atoms with van der Waals surface area (Å²) in [5.41, 5.74) is 5.27. The lowest BCUT2D eigenvalue weighted by Gasteiger charge is -2.28. The van der Waals surface area contributed by atoms with E-state index >= 15 is 0 Å². The molecule has 204 valence electrons. The molecule has 1 aliphatic heterocycles. The first kappa shape index (κ1) is 26.7. The Balaban J connectivity index is 1.37. The number of thiocarbonyl (C=S) groups is 1. The van der Waals surface area contributed by atoms with Crippen molar-refractivity contribution in [2.45, 2.75) is 35.7 Å². The third-order valence-corrected chi connectivity index (χ3v) is 8.49. The zero-order chi connectivity index (χ0) is 28.5. The number of nitro groups is 1. The zero-order valence-electron chi connectivity index (χ0n) is 22.3. The van der Waals surface area contributed by atoms with Crippen molar-refractivity contribution in [1.29, 1.82) is 0 Å². The van der Waals surface area contributed by atoms with E-state index in [1.54, 1.807) is 36.3 Å².